The molecule has 0 unspecified atom stereocenters. The number of hydrogen-bond donors (Lipinski definition) is 4. The highest BCUT2D eigenvalue weighted by atomic mass is 32.2. The summed E-state index contributed by atoms with van der Waals surface area (Å²) >= 11 is 0. The third kappa shape index (κ3) is 5.95. The van der Waals surface area contributed by atoms with E-state index in [0.717, 1.165) is 0 Å². The van der Waals surface area contributed by atoms with E-state index in [9.17, 15) is 26.5 Å². The monoisotopic (exact) mass is 541 g/mol. The molecule has 0 saturated heterocycles. The molecule has 0 spiro atoms. The van der Waals surface area contributed by atoms with Gasteiger partial charge < -0.3 is 10.4 Å². The van der Waals surface area contributed by atoms with Gasteiger partial charge in [-0.15, -0.1) is 5.11 Å². The Bertz CT molecular complexity index is 1750. The SMILES string of the molecule is CNc1ccc2c(O)c(N=Nc3ccc(N=Nc4ccc(S(=O)(=O)O)cc4)cc3)c(S(=O)(=O)O)cc2c1. The van der Waals surface area contributed by atoms with Crippen LogP contribution in [-0.4, -0.2) is 38.1 Å². The number of fused-ring (bicyclic) bond motifs is 1. The summed E-state index contributed by atoms with van der Waals surface area (Å²) in [5.74, 6) is -0.457. The molecule has 0 radical (unpaired) electrons. The largest absolute Gasteiger partial charge is 0.505 e. The molecular weight excluding hydrogens is 522 g/mol. The van der Waals surface area contributed by atoms with Gasteiger partial charge in [0.2, 0.25) is 0 Å². The minimum atomic E-state index is -4.73. The van der Waals surface area contributed by atoms with Crippen molar-refractivity contribution in [3.05, 3.63) is 72.8 Å². The minimum Gasteiger partial charge on any atom is -0.505 e. The van der Waals surface area contributed by atoms with Crippen molar-refractivity contribution < 1.29 is 31.0 Å². The molecule has 0 heterocycles. The van der Waals surface area contributed by atoms with Gasteiger partial charge in [-0.2, -0.15) is 32.2 Å². The third-order valence-corrected chi connectivity index (χ3v) is 6.88. The molecule has 190 valence electrons. The molecule has 4 aromatic carbocycles. The van der Waals surface area contributed by atoms with Crippen LogP contribution in [0.3, 0.4) is 0 Å². The summed E-state index contributed by atoms with van der Waals surface area (Å²) in [5.41, 5.74) is 1.33. The molecular formula is C23H19N5O7S2. The molecule has 0 atom stereocenters. The number of rotatable bonds is 7. The van der Waals surface area contributed by atoms with Crippen molar-refractivity contribution in [2.24, 2.45) is 20.5 Å². The highest BCUT2D eigenvalue weighted by Crippen LogP contribution is 2.42. The average Bonchev–Trinajstić information content (AvgIpc) is 2.86. The first-order chi connectivity index (χ1) is 17.5. The van der Waals surface area contributed by atoms with E-state index in [1.54, 1.807) is 37.4 Å². The van der Waals surface area contributed by atoms with Gasteiger partial charge in [0, 0.05) is 18.1 Å². The average molecular weight is 542 g/mol. The van der Waals surface area contributed by atoms with E-state index in [0.29, 0.717) is 33.5 Å². The summed E-state index contributed by atoms with van der Waals surface area (Å²) in [7, 11) is -7.35. The second kappa shape index (κ2) is 10.0. The van der Waals surface area contributed by atoms with E-state index < -0.39 is 36.6 Å². The highest BCUT2D eigenvalue weighted by Gasteiger charge is 2.22. The van der Waals surface area contributed by atoms with Gasteiger partial charge in [0.15, 0.2) is 5.75 Å². The fourth-order valence-electron chi connectivity index (χ4n) is 3.29. The Kier molecular flexibility index (Phi) is 7.00. The number of benzene rings is 4. The van der Waals surface area contributed by atoms with Crippen LogP contribution in [0.2, 0.25) is 0 Å². The van der Waals surface area contributed by atoms with Crippen LogP contribution in [0, 0.1) is 0 Å². The first kappa shape index (κ1) is 25.8. The van der Waals surface area contributed by atoms with Crippen molar-refractivity contribution in [1.82, 2.24) is 0 Å². The molecule has 0 bridgehead atoms. The minimum absolute atomic E-state index is 0.265. The summed E-state index contributed by atoms with van der Waals surface area (Å²) < 4.78 is 64.9. The second-order valence-corrected chi connectivity index (χ2v) is 10.4. The topological polar surface area (TPSA) is 190 Å². The molecule has 0 saturated carbocycles. The second-order valence-electron chi connectivity index (χ2n) is 7.62. The summed E-state index contributed by atoms with van der Waals surface area (Å²) in [6.45, 7) is 0. The quantitative estimate of drug-likeness (QED) is 0.164. The number of nitrogens with zero attached hydrogens (tertiary/aromatic N) is 4. The zero-order valence-electron chi connectivity index (χ0n) is 19.0. The van der Waals surface area contributed by atoms with E-state index in [1.165, 1.54) is 42.5 Å². The maximum atomic E-state index is 12.0. The normalized spacial score (nSPS) is 12.5. The maximum absolute atomic E-state index is 12.0. The summed E-state index contributed by atoms with van der Waals surface area (Å²) in [5, 5.41) is 30.1. The lowest BCUT2D eigenvalue weighted by molar-refractivity contribution is 0.472. The molecule has 4 N–H and O–H groups in total. The molecule has 0 aliphatic heterocycles. The van der Waals surface area contributed by atoms with Crippen LogP contribution >= 0.6 is 0 Å². The van der Waals surface area contributed by atoms with Crippen molar-refractivity contribution >= 4 is 59.4 Å². The van der Waals surface area contributed by atoms with Gasteiger partial charge in [0.05, 0.1) is 22.0 Å². The Morgan fingerprint density at radius 3 is 1.68 bits per heavy atom. The Morgan fingerprint density at radius 2 is 1.19 bits per heavy atom. The number of phenolic OH excluding ortho intramolecular Hbond substituents is 1. The predicted molar refractivity (Wildman–Crippen MR) is 136 cm³/mol. The standard InChI is InChI=1S/C23H19N5O7S2/c1-24-18-8-11-20-14(12-18)13-21(37(33,34)35)22(23(20)29)28-27-16-4-2-15(3-5-16)25-26-17-6-9-19(10-7-17)36(30,31)32/h2-13,24,29H,1H3,(H,30,31,32)(H,33,34,35). The van der Waals surface area contributed by atoms with Crippen LogP contribution in [0.5, 0.6) is 5.75 Å². The Morgan fingerprint density at radius 1 is 0.676 bits per heavy atom. The Labute approximate surface area is 211 Å². The summed E-state index contributed by atoms with van der Waals surface area (Å²) in [4.78, 5) is -0.863. The molecule has 4 rings (SSSR count). The van der Waals surface area contributed by atoms with Crippen LogP contribution in [0.1, 0.15) is 0 Å². The van der Waals surface area contributed by atoms with Crippen molar-refractivity contribution in [1.29, 1.82) is 0 Å². The van der Waals surface area contributed by atoms with Crippen LogP contribution < -0.4 is 5.32 Å². The predicted octanol–water partition coefficient (Wildman–Crippen LogP) is 5.91. The smallest absolute Gasteiger partial charge is 0.296 e. The van der Waals surface area contributed by atoms with Crippen molar-refractivity contribution in [2.75, 3.05) is 12.4 Å². The van der Waals surface area contributed by atoms with Crippen LogP contribution in [0.25, 0.3) is 10.8 Å². The van der Waals surface area contributed by atoms with E-state index in [4.69, 9.17) is 4.55 Å². The van der Waals surface area contributed by atoms with Gasteiger partial charge in [-0.1, -0.05) is 0 Å². The van der Waals surface area contributed by atoms with Gasteiger partial charge in [0.1, 0.15) is 10.6 Å². The lowest BCUT2D eigenvalue weighted by atomic mass is 10.1. The molecule has 0 aliphatic rings. The lowest BCUT2D eigenvalue weighted by Crippen LogP contribution is -1.99. The first-order valence-corrected chi connectivity index (χ1v) is 13.3. The molecule has 14 heteroatoms. The van der Waals surface area contributed by atoms with E-state index >= 15 is 0 Å². The molecule has 37 heavy (non-hydrogen) atoms. The van der Waals surface area contributed by atoms with Gasteiger partial charge >= 0.3 is 0 Å². The van der Waals surface area contributed by atoms with E-state index in [2.05, 4.69) is 25.8 Å². The van der Waals surface area contributed by atoms with Crippen molar-refractivity contribution in [3.63, 3.8) is 0 Å². The van der Waals surface area contributed by atoms with Crippen LogP contribution in [0.15, 0.2) is 103 Å². The summed E-state index contributed by atoms with van der Waals surface area (Å²) in [6.07, 6.45) is 0. The Balaban J connectivity index is 1.60. The highest BCUT2D eigenvalue weighted by molar-refractivity contribution is 7.86. The zero-order valence-corrected chi connectivity index (χ0v) is 20.6. The number of nitrogens with one attached hydrogen (secondary N) is 1. The van der Waals surface area contributed by atoms with Gasteiger partial charge in [-0.05, 0) is 78.2 Å². The van der Waals surface area contributed by atoms with Gasteiger partial charge in [0.25, 0.3) is 20.2 Å². The molecule has 0 aliphatic carbocycles. The molecule has 0 fully saturated rings. The lowest BCUT2D eigenvalue weighted by Gasteiger charge is -2.10. The van der Waals surface area contributed by atoms with Crippen molar-refractivity contribution in [3.8, 4) is 5.75 Å². The van der Waals surface area contributed by atoms with Gasteiger partial charge in [-0.3, -0.25) is 9.11 Å². The Hall–Kier alpha value is -4.24. The van der Waals surface area contributed by atoms with Gasteiger partial charge in [-0.25, -0.2) is 0 Å². The van der Waals surface area contributed by atoms with Crippen LogP contribution in [0.4, 0.5) is 28.4 Å². The molecule has 12 nitrogen and oxygen atoms in total. The number of hydrogen-bond acceptors (Lipinski definition) is 10. The molecule has 0 amide bonds. The number of aromatic hydroxyl groups is 1. The maximum Gasteiger partial charge on any atom is 0.296 e. The molecule has 0 aromatic heterocycles. The van der Waals surface area contributed by atoms with Crippen LogP contribution in [-0.2, 0) is 20.2 Å². The summed E-state index contributed by atoms with van der Waals surface area (Å²) in [6, 6.07) is 17.3. The molecule has 4 aromatic rings. The van der Waals surface area contributed by atoms with E-state index in [1.807, 2.05) is 0 Å². The number of anilines is 1. The number of phenols is 1. The van der Waals surface area contributed by atoms with Crippen molar-refractivity contribution in [2.45, 2.75) is 9.79 Å². The fourth-order valence-corrected chi connectivity index (χ4v) is 4.43. The number of azo groups is 2. The zero-order chi connectivity index (χ0) is 26.8. The van der Waals surface area contributed by atoms with E-state index in [-0.39, 0.29) is 4.90 Å². The fraction of sp³-hybridized carbons (Fsp3) is 0.0435. The first-order valence-electron chi connectivity index (χ1n) is 10.4. The third-order valence-electron chi connectivity index (χ3n) is 5.15.